The number of nitrogens with one attached hydrogen (secondary N) is 1. The smallest absolute Gasteiger partial charge is 0.238 e. The van der Waals surface area contributed by atoms with Crippen molar-refractivity contribution < 1.29 is 14.0 Å². The van der Waals surface area contributed by atoms with Gasteiger partial charge in [0.2, 0.25) is 17.7 Å². The molecule has 200 valence electrons. The summed E-state index contributed by atoms with van der Waals surface area (Å²) < 4.78 is 6.29. The number of para-hydroxylation sites is 1. The zero-order valence-corrected chi connectivity index (χ0v) is 22.3. The lowest BCUT2D eigenvalue weighted by atomic mass is 10.1. The Morgan fingerprint density at radius 2 is 1.56 bits per heavy atom. The summed E-state index contributed by atoms with van der Waals surface area (Å²) >= 11 is 0. The van der Waals surface area contributed by atoms with Gasteiger partial charge in [0, 0.05) is 36.4 Å². The summed E-state index contributed by atoms with van der Waals surface area (Å²) in [5, 5.41) is 3.01. The number of aromatic nitrogens is 1. The van der Waals surface area contributed by atoms with Gasteiger partial charge in [-0.15, -0.1) is 0 Å². The third kappa shape index (κ3) is 6.08. The van der Waals surface area contributed by atoms with Crippen LogP contribution < -0.4 is 11.1 Å². The molecule has 1 aromatic heterocycles. The fraction of sp³-hybridized carbons (Fsp3) is 0.258. The second-order valence-corrected chi connectivity index (χ2v) is 9.96. The van der Waals surface area contributed by atoms with Crippen LogP contribution in [0.15, 0.2) is 83.3 Å². The van der Waals surface area contributed by atoms with Crippen molar-refractivity contribution in [1.82, 2.24) is 14.8 Å². The van der Waals surface area contributed by atoms with Gasteiger partial charge in [-0.1, -0.05) is 78.9 Å². The van der Waals surface area contributed by atoms with E-state index in [4.69, 9.17) is 15.1 Å². The molecule has 0 aliphatic carbocycles. The molecule has 1 fully saturated rings. The Labute approximate surface area is 228 Å². The van der Waals surface area contributed by atoms with Crippen LogP contribution in [0.4, 0.5) is 5.69 Å². The van der Waals surface area contributed by atoms with E-state index in [-0.39, 0.29) is 12.5 Å². The summed E-state index contributed by atoms with van der Waals surface area (Å²) in [7, 11) is 0. The van der Waals surface area contributed by atoms with Gasteiger partial charge in [0.1, 0.15) is 11.7 Å². The van der Waals surface area contributed by atoms with Crippen LogP contribution >= 0.6 is 0 Å². The Morgan fingerprint density at radius 3 is 2.21 bits per heavy atom. The van der Waals surface area contributed by atoms with Gasteiger partial charge in [0.05, 0.1) is 13.1 Å². The van der Waals surface area contributed by atoms with Crippen LogP contribution in [0.2, 0.25) is 0 Å². The molecule has 1 unspecified atom stereocenters. The number of carbonyl (C=O) groups is 2. The maximum atomic E-state index is 12.9. The normalized spacial score (nSPS) is 16.2. The van der Waals surface area contributed by atoms with Crippen LogP contribution in [0.3, 0.4) is 0 Å². The molecule has 3 N–H and O–H groups in total. The molecule has 8 nitrogen and oxygen atoms in total. The van der Waals surface area contributed by atoms with Crippen LogP contribution in [0.5, 0.6) is 0 Å². The largest absolute Gasteiger partial charge is 0.439 e. The number of primary amides is 1. The van der Waals surface area contributed by atoms with Gasteiger partial charge < -0.3 is 15.5 Å². The minimum atomic E-state index is -0.598. The summed E-state index contributed by atoms with van der Waals surface area (Å²) in [4.78, 5) is 34.1. The Morgan fingerprint density at radius 1 is 0.923 bits per heavy atom. The third-order valence-corrected chi connectivity index (χ3v) is 7.11. The standard InChI is InChI=1S/C31H33N5O3/c1-21-10-9-11-22(2)28(21)33-26(37)19-36-17-16-35(18-25(36)31(32)38)20-27-34-29(23-12-5-3-6-13-23)30(39-27)24-14-7-4-8-15-24/h3-15,25H,16-20H2,1-2H3,(H2,32,38)(H,33,37). The van der Waals surface area contributed by atoms with Gasteiger partial charge in [0.25, 0.3) is 0 Å². The first-order valence-electron chi connectivity index (χ1n) is 13.1. The van der Waals surface area contributed by atoms with E-state index in [9.17, 15) is 9.59 Å². The topological polar surface area (TPSA) is 105 Å². The second-order valence-electron chi connectivity index (χ2n) is 9.96. The predicted octanol–water partition coefficient (Wildman–Crippen LogP) is 4.24. The number of hydrogen-bond acceptors (Lipinski definition) is 6. The highest BCUT2D eigenvalue weighted by Gasteiger charge is 2.33. The van der Waals surface area contributed by atoms with Gasteiger partial charge in [0.15, 0.2) is 5.76 Å². The molecule has 4 aromatic rings. The molecule has 0 spiro atoms. The first-order valence-corrected chi connectivity index (χ1v) is 13.1. The quantitative estimate of drug-likeness (QED) is 0.358. The monoisotopic (exact) mass is 523 g/mol. The lowest BCUT2D eigenvalue weighted by molar-refractivity contribution is -0.128. The number of anilines is 1. The molecule has 1 aliphatic heterocycles. The average molecular weight is 524 g/mol. The van der Waals surface area contributed by atoms with Crippen LogP contribution in [0, 0.1) is 13.8 Å². The number of benzene rings is 3. The van der Waals surface area contributed by atoms with Crippen LogP contribution in [0.25, 0.3) is 22.6 Å². The van der Waals surface area contributed by atoms with Crippen molar-refractivity contribution in [2.45, 2.75) is 26.4 Å². The van der Waals surface area contributed by atoms with Crippen LogP contribution in [-0.2, 0) is 16.1 Å². The highest BCUT2D eigenvalue weighted by atomic mass is 16.4. The Balaban J connectivity index is 1.30. The van der Waals surface area contributed by atoms with E-state index in [1.807, 2.05) is 97.6 Å². The van der Waals surface area contributed by atoms with Crippen molar-refractivity contribution in [1.29, 1.82) is 0 Å². The van der Waals surface area contributed by atoms with Gasteiger partial charge in [-0.3, -0.25) is 19.4 Å². The lowest BCUT2D eigenvalue weighted by Crippen LogP contribution is -2.59. The van der Waals surface area contributed by atoms with E-state index in [2.05, 4.69) is 10.2 Å². The summed E-state index contributed by atoms with van der Waals surface area (Å²) in [6, 6.07) is 25.2. The highest BCUT2D eigenvalue weighted by molar-refractivity contribution is 5.94. The van der Waals surface area contributed by atoms with Crippen LogP contribution in [-0.4, -0.2) is 58.8 Å². The van der Waals surface area contributed by atoms with E-state index < -0.39 is 11.9 Å². The number of nitrogens with zero attached hydrogens (tertiary/aromatic N) is 3. The summed E-state index contributed by atoms with van der Waals surface area (Å²) in [6.07, 6.45) is 0. The molecule has 3 aromatic carbocycles. The van der Waals surface area contributed by atoms with E-state index in [1.54, 1.807) is 0 Å². The second kappa shape index (κ2) is 11.6. The fourth-order valence-electron chi connectivity index (χ4n) is 5.06. The van der Waals surface area contributed by atoms with Crippen molar-refractivity contribution >= 4 is 17.5 Å². The van der Waals surface area contributed by atoms with Crippen molar-refractivity contribution in [2.75, 3.05) is 31.5 Å². The SMILES string of the molecule is Cc1cccc(C)c1NC(=O)CN1CCN(Cc2nc(-c3ccccc3)c(-c3ccccc3)o2)CC1C(N)=O. The number of carbonyl (C=O) groups excluding carboxylic acids is 2. The fourth-order valence-corrected chi connectivity index (χ4v) is 5.06. The molecule has 8 heteroatoms. The third-order valence-electron chi connectivity index (χ3n) is 7.11. The minimum Gasteiger partial charge on any atom is -0.439 e. The van der Waals surface area contributed by atoms with Crippen molar-refractivity contribution in [3.05, 3.63) is 95.9 Å². The molecular weight excluding hydrogens is 490 g/mol. The molecular formula is C31H33N5O3. The number of amides is 2. The van der Waals surface area contributed by atoms with Crippen LogP contribution in [0.1, 0.15) is 17.0 Å². The number of aryl methyl sites for hydroxylation is 2. The Bertz CT molecular complexity index is 1370. The number of piperazine rings is 1. The van der Waals surface area contributed by atoms with Crippen molar-refractivity contribution in [3.63, 3.8) is 0 Å². The first-order chi connectivity index (χ1) is 18.9. The maximum Gasteiger partial charge on any atom is 0.238 e. The lowest BCUT2D eigenvalue weighted by Gasteiger charge is -2.39. The maximum absolute atomic E-state index is 12.9. The Kier molecular flexibility index (Phi) is 7.86. The number of nitrogens with two attached hydrogens (primary N) is 1. The molecule has 2 heterocycles. The molecule has 1 saturated heterocycles. The summed E-state index contributed by atoms with van der Waals surface area (Å²) in [5.41, 5.74) is 11.3. The molecule has 2 amide bonds. The molecule has 0 saturated carbocycles. The number of rotatable bonds is 8. The van der Waals surface area contributed by atoms with Gasteiger partial charge >= 0.3 is 0 Å². The van der Waals surface area contributed by atoms with Gasteiger partial charge in [-0.25, -0.2) is 4.98 Å². The highest BCUT2D eigenvalue weighted by Crippen LogP contribution is 2.33. The first kappa shape index (κ1) is 26.3. The van der Waals surface area contributed by atoms with Gasteiger partial charge in [-0.2, -0.15) is 0 Å². The summed E-state index contributed by atoms with van der Waals surface area (Å²) in [5.74, 6) is 0.656. The molecule has 0 bridgehead atoms. The Hall–Kier alpha value is -4.27. The molecule has 1 atom stereocenters. The molecule has 39 heavy (non-hydrogen) atoms. The zero-order valence-electron chi connectivity index (χ0n) is 22.3. The van der Waals surface area contributed by atoms with Gasteiger partial charge in [-0.05, 0) is 25.0 Å². The van der Waals surface area contributed by atoms with E-state index in [0.717, 1.165) is 33.6 Å². The zero-order chi connectivity index (χ0) is 27.4. The number of hydrogen-bond donors (Lipinski definition) is 2. The van der Waals surface area contributed by atoms with E-state index in [0.29, 0.717) is 37.8 Å². The summed E-state index contributed by atoms with van der Waals surface area (Å²) in [6.45, 7) is 5.99. The van der Waals surface area contributed by atoms with E-state index >= 15 is 0 Å². The molecule has 5 rings (SSSR count). The minimum absolute atomic E-state index is 0.0878. The van der Waals surface area contributed by atoms with E-state index in [1.165, 1.54) is 0 Å². The number of oxazole rings is 1. The predicted molar refractivity (Wildman–Crippen MR) is 152 cm³/mol. The van der Waals surface area contributed by atoms with Crippen molar-refractivity contribution in [3.8, 4) is 22.6 Å². The van der Waals surface area contributed by atoms with Crippen molar-refractivity contribution in [2.24, 2.45) is 5.73 Å². The molecule has 0 radical (unpaired) electrons. The molecule has 1 aliphatic rings. The average Bonchev–Trinajstić information content (AvgIpc) is 3.36.